The van der Waals surface area contributed by atoms with E-state index in [1.165, 1.54) is 40.0 Å². The molecule has 0 unspecified atom stereocenters. The summed E-state index contributed by atoms with van der Waals surface area (Å²) >= 11 is 7.56. The van der Waals surface area contributed by atoms with Gasteiger partial charge in [0.05, 0.1) is 11.1 Å². The fraction of sp³-hybridized carbons (Fsp3) is 0.111. The molecule has 0 radical (unpaired) electrons. The molecule has 2 aromatic carbocycles. The summed E-state index contributed by atoms with van der Waals surface area (Å²) in [5.41, 5.74) is 2.88. The molecular formula is C27H21BrN4O2S3. The molecule has 0 saturated carbocycles. The van der Waals surface area contributed by atoms with E-state index in [0.29, 0.717) is 27.0 Å². The Bertz CT molecular complexity index is 1630. The molecule has 10 heteroatoms. The first-order valence-corrected chi connectivity index (χ1v) is 14.8. The van der Waals surface area contributed by atoms with Crippen molar-refractivity contribution in [2.45, 2.75) is 18.1 Å². The molecule has 3 aromatic heterocycles. The van der Waals surface area contributed by atoms with Crippen LogP contribution in [0.3, 0.4) is 0 Å². The summed E-state index contributed by atoms with van der Waals surface area (Å²) in [5, 5.41) is 6.46. The number of aromatic nitrogens is 3. The minimum atomic E-state index is -0.204. The molecule has 37 heavy (non-hydrogen) atoms. The van der Waals surface area contributed by atoms with Gasteiger partial charge in [-0.25, -0.2) is 9.97 Å². The third kappa shape index (κ3) is 5.93. The lowest BCUT2D eigenvalue weighted by Gasteiger charge is -2.10. The lowest BCUT2D eigenvalue weighted by atomic mass is 10.1. The average Bonchev–Trinajstić information content (AvgIpc) is 3.53. The molecule has 0 bridgehead atoms. The molecule has 1 N–H and O–H groups in total. The molecule has 5 aromatic rings. The van der Waals surface area contributed by atoms with Crippen LogP contribution >= 0.6 is 50.4 Å². The Labute approximate surface area is 234 Å². The SMILES string of the molecule is C=CCn1c(SCC(=O)Nc2ncc(Cc3ccc(Br)cc3)s2)nc2scc(-c3ccccc3)c2c1=O. The van der Waals surface area contributed by atoms with Gasteiger partial charge in [-0.1, -0.05) is 76.2 Å². The van der Waals surface area contributed by atoms with Crippen molar-refractivity contribution in [2.24, 2.45) is 0 Å². The predicted octanol–water partition coefficient (Wildman–Crippen LogP) is 6.85. The minimum Gasteiger partial charge on any atom is -0.301 e. The van der Waals surface area contributed by atoms with Crippen molar-refractivity contribution in [2.75, 3.05) is 11.1 Å². The molecule has 5 rings (SSSR count). The van der Waals surface area contributed by atoms with E-state index in [9.17, 15) is 9.59 Å². The molecule has 0 atom stereocenters. The third-order valence-electron chi connectivity index (χ3n) is 5.48. The molecule has 0 aliphatic heterocycles. The van der Waals surface area contributed by atoms with Crippen molar-refractivity contribution in [1.29, 1.82) is 0 Å². The van der Waals surface area contributed by atoms with Crippen LogP contribution in [-0.4, -0.2) is 26.2 Å². The smallest absolute Gasteiger partial charge is 0.263 e. The maximum atomic E-state index is 13.5. The van der Waals surface area contributed by atoms with Crippen LogP contribution in [0.1, 0.15) is 10.4 Å². The van der Waals surface area contributed by atoms with Crippen LogP contribution in [0, 0.1) is 0 Å². The molecule has 0 fully saturated rings. The van der Waals surface area contributed by atoms with Crippen LogP contribution in [0.4, 0.5) is 5.13 Å². The van der Waals surface area contributed by atoms with E-state index in [-0.39, 0.29) is 17.2 Å². The number of fused-ring (bicyclic) bond motifs is 1. The zero-order chi connectivity index (χ0) is 25.8. The maximum absolute atomic E-state index is 13.5. The summed E-state index contributed by atoms with van der Waals surface area (Å²) in [6.07, 6.45) is 4.20. The first-order chi connectivity index (χ1) is 18.0. The monoisotopic (exact) mass is 608 g/mol. The highest BCUT2D eigenvalue weighted by atomic mass is 79.9. The van der Waals surface area contributed by atoms with E-state index in [1.54, 1.807) is 16.8 Å². The van der Waals surface area contributed by atoms with Crippen molar-refractivity contribution in [3.63, 3.8) is 0 Å². The molecule has 1 amide bonds. The lowest BCUT2D eigenvalue weighted by molar-refractivity contribution is -0.113. The highest BCUT2D eigenvalue weighted by molar-refractivity contribution is 9.10. The standard InChI is InChI=1S/C27H21BrN4O2S3/c1-2-12-32-25(34)23-21(18-6-4-3-5-7-18)15-35-24(23)31-27(32)36-16-22(33)30-26-29-14-20(37-26)13-17-8-10-19(28)11-9-17/h2-11,14-15H,1,12-13,16H2,(H,29,30,33). The number of benzene rings is 2. The molecular weight excluding hydrogens is 588 g/mol. The highest BCUT2D eigenvalue weighted by Crippen LogP contribution is 2.32. The summed E-state index contributed by atoms with van der Waals surface area (Å²) in [4.78, 5) is 37.0. The van der Waals surface area contributed by atoms with Crippen LogP contribution in [0.25, 0.3) is 21.3 Å². The molecule has 6 nitrogen and oxygen atoms in total. The van der Waals surface area contributed by atoms with Gasteiger partial charge < -0.3 is 5.32 Å². The first-order valence-electron chi connectivity index (χ1n) is 11.3. The summed E-state index contributed by atoms with van der Waals surface area (Å²) in [6, 6.07) is 17.9. The van der Waals surface area contributed by atoms with Crippen LogP contribution in [-0.2, 0) is 17.8 Å². The van der Waals surface area contributed by atoms with Crippen LogP contribution < -0.4 is 10.9 Å². The van der Waals surface area contributed by atoms with Gasteiger partial charge >= 0.3 is 0 Å². The van der Waals surface area contributed by atoms with E-state index >= 15 is 0 Å². The largest absolute Gasteiger partial charge is 0.301 e. The Morgan fingerprint density at radius 1 is 1.16 bits per heavy atom. The second kappa shape index (κ2) is 11.6. The fourth-order valence-corrected chi connectivity index (χ4v) is 6.70. The van der Waals surface area contributed by atoms with Gasteiger partial charge in [0.1, 0.15) is 4.83 Å². The van der Waals surface area contributed by atoms with E-state index in [1.807, 2.05) is 47.8 Å². The number of allylic oxidation sites excluding steroid dienone is 1. The molecule has 0 spiro atoms. The number of nitrogens with one attached hydrogen (secondary N) is 1. The van der Waals surface area contributed by atoms with Crippen molar-refractivity contribution >= 4 is 71.6 Å². The lowest BCUT2D eigenvalue weighted by Crippen LogP contribution is -2.23. The van der Waals surface area contributed by atoms with Gasteiger partial charge in [0, 0.05) is 39.5 Å². The van der Waals surface area contributed by atoms with Crippen molar-refractivity contribution in [1.82, 2.24) is 14.5 Å². The number of halogens is 1. The average molecular weight is 610 g/mol. The number of hydrogen-bond donors (Lipinski definition) is 1. The predicted molar refractivity (Wildman–Crippen MR) is 158 cm³/mol. The Morgan fingerprint density at radius 3 is 2.70 bits per heavy atom. The van der Waals surface area contributed by atoms with Crippen LogP contribution in [0.15, 0.2) is 93.3 Å². The minimum absolute atomic E-state index is 0.105. The zero-order valence-electron chi connectivity index (χ0n) is 19.5. The van der Waals surface area contributed by atoms with Gasteiger partial charge in [-0.2, -0.15) is 0 Å². The van der Waals surface area contributed by atoms with Crippen LogP contribution in [0.2, 0.25) is 0 Å². The van der Waals surface area contributed by atoms with Gasteiger partial charge in [-0.05, 0) is 23.3 Å². The summed E-state index contributed by atoms with van der Waals surface area (Å²) in [6.45, 7) is 4.10. The normalized spacial score (nSPS) is 11.1. The number of thiazole rings is 1. The van der Waals surface area contributed by atoms with E-state index in [2.05, 4.69) is 44.9 Å². The first kappa shape index (κ1) is 25.6. The Hall–Kier alpha value is -3.05. The van der Waals surface area contributed by atoms with Gasteiger partial charge in [0.2, 0.25) is 5.91 Å². The van der Waals surface area contributed by atoms with E-state index < -0.39 is 0 Å². The number of nitrogens with zero attached hydrogens (tertiary/aromatic N) is 3. The van der Waals surface area contributed by atoms with Crippen LogP contribution in [0.5, 0.6) is 0 Å². The number of thioether (sulfide) groups is 1. The summed E-state index contributed by atoms with van der Waals surface area (Å²) in [5.74, 6) is -0.0987. The molecule has 0 aliphatic rings. The summed E-state index contributed by atoms with van der Waals surface area (Å²) in [7, 11) is 0. The second-order valence-electron chi connectivity index (χ2n) is 8.07. The highest BCUT2D eigenvalue weighted by Gasteiger charge is 2.18. The van der Waals surface area contributed by atoms with Crippen molar-refractivity contribution in [3.05, 3.63) is 104 Å². The number of rotatable bonds is 9. The quantitative estimate of drug-likeness (QED) is 0.112. The number of hydrogen-bond acceptors (Lipinski definition) is 7. The number of anilines is 1. The van der Waals surface area contributed by atoms with Gasteiger partial charge in [0.15, 0.2) is 10.3 Å². The third-order valence-corrected chi connectivity index (χ3v) is 8.77. The Kier molecular flexibility index (Phi) is 7.99. The van der Waals surface area contributed by atoms with Crippen molar-refractivity contribution < 1.29 is 4.79 Å². The number of carbonyl (C=O) groups excluding carboxylic acids is 1. The van der Waals surface area contributed by atoms with Gasteiger partial charge in [0.25, 0.3) is 5.56 Å². The number of thiophene rings is 1. The van der Waals surface area contributed by atoms with E-state index in [0.717, 1.165) is 26.9 Å². The Morgan fingerprint density at radius 2 is 1.95 bits per heavy atom. The maximum Gasteiger partial charge on any atom is 0.263 e. The second-order valence-corrected chi connectivity index (χ2v) is 11.9. The Balaban J connectivity index is 1.30. The van der Waals surface area contributed by atoms with Gasteiger partial charge in [-0.15, -0.1) is 29.3 Å². The fourth-order valence-electron chi connectivity index (χ4n) is 3.77. The van der Waals surface area contributed by atoms with Gasteiger partial charge in [-0.3, -0.25) is 14.2 Å². The van der Waals surface area contributed by atoms with E-state index in [4.69, 9.17) is 4.98 Å². The topological polar surface area (TPSA) is 76.9 Å². The number of amides is 1. The zero-order valence-corrected chi connectivity index (χ0v) is 23.6. The molecule has 0 aliphatic carbocycles. The van der Waals surface area contributed by atoms with Crippen molar-refractivity contribution in [3.8, 4) is 11.1 Å². The summed E-state index contributed by atoms with van der Waals surface area (Å²) < 4.78 is 2.61. The molecule has 0 saturated heterocycles. The number of carbonyl (C=O) groups is 1. The molecule has 186 valence electrons. The molecule has 3 heterocycles.